The van der Waals surface area contributed by atoms with Crippen molar-refractivity contribution in [2.24, 2.45) is 11.0 Å². The van der Waals surface area contributed by atoms with Crippen LogP contribution in [0.1, 0.15) is 13.8 Å². The molecule has 0 aromatic rings. The van der Waals surface area contributed by atoms with Crippen LogP contribution in [0.15, 0.2) is 5.11 Å². The van der Waals surface area contributed by atoms with Gasteiger partial charge in [-0.1, -0.05) is 12.0 Å². The third-order valence-corrected chi connectivity index (χ3v) is 1.58. The van der Waals surface area contributed by atoms with E-state index in [0.717, 1.165) is 13.8 Å². The van der Waals surface area contributed by atoms with E-state index in [0.29, 0.717) is 0 Å². The van der Waals surface area contributed by atoms with E-state index >= 15 is 0 Å². The van der Waals surface area contributed by atoms with Gasteiger partial charge in [-0.2, -0.15) is 13.2 Å². The highest BCUT2D eigenvalue weighted by molar-refractivity contribution is 5.81. The first-order valence-electron chi connectivity index (χ1n) is 3.42. The summed E-state index contributed by atoms with van der Waals surface area (Å²) in [6, 6.07) is -1.66. The summed E-state index contributed by atoms with van der Waals surface area (Å²) >= 11 is 0. The van der Waals surface area contributed by atoms with E-state index in [1.165, 1.54) is 0 Å². The number of Topliss-reactive ketones (excluding diaryl/α,β-unsaturated/α-hetero) is 1. The van der Waals surface area contributed by atoms with Crippen molar-refractivity contribution in [1.82, 2.24) is 0 Å². The summed E-state index contributed by atoms with van der Waals surface area (Å²) in [7, 11) is 0. The van der Waals surface area contributed by atoms with Crippen molar-refractivity contribution in [3.8, 4) is 0 Å². The summed E-state index contributed by atoms with van der Waals surface area (Å²) < 4.78 is 36.1. The van der Waals surface area contributed by atoms with Gasteiger partial charge in [-0.05, 0) is 12.5 Å². The van der Waals surface area contributed by atoms with Crippen LogP contribution in [-0.4, -0.2) is 18.0 Å². The van der Waals surface area contributed by atoms with E-state index in [9.17, 15) is 18.0 Å². The number of rotatable bonds is 3. The molecular weight excluding hydrogens is 187 g/mol. The van der Waals surface area contributed by atoms with E-state index in [1.54, 1.807) is 0 Å². The number of halogens is 3. The lowest BCUT2D eigenvalue weighted by atomic mass is 9.99. The molecule has 0 aliphatic carbocycles. The molecule has 13 heavy (non-hydrogen) atoms. The smallest absolute Gasteiger partial charge is 0.300 e. The van der Waals surface area contributed by atoms with Crippen LogP contribution in [0.5, 0.6) is 0 Å². The van der Waals surface area contributed by atoms with Crippen LogP contribution in [-0.2, 0) is 4.79 Å². The van der Waals surface area contributed by atoms with Crippen molar-refractivity contribution in [3.63, 3.8) is 0 Å². The van der Waals surface area contributed by atoms with Crippen LogP contribution in [0.2, 0.25) is 0 Å². The third-order valence-electron chi connectivity index (χ3n) is 1.58. The lowest BCUT2D eigenvalue weighted by Gasteiger charge is -2.19. The van der Waals surface area contributed by atoms with Crippen molar-refractivity contribution < 1.29 is 18.0 Å². The predicted octanol–water partition coefficient (Wildman–Crippen LogP) is 2.45. The Morgan fingerprint density at radius 3 is 2.23 bits per heavy atom. The SMILES string of the molecule is CC(=O)[C@@H](N=[N+]=[N-])[C@H](C)C(F)(F)F. The number of alkyl halides is 3. The summed E-state index contributed by atoms with van der Waals surface area (Å²) in [5.41, 5.74) is 7.94. The Hall–Kier alpha value is -1.23. The van der Waals surface area contributed by atoms with Crippen LogP contribution in [0.4, 0.5) is 13.2 Å². The Morgan fingerprint density at radius 2 is 2.00 bits per heavy atom. The molecule has 0 aromatic carbocycles. The van der Waals surface area contributed by atoms with Gasteiger partial charge in [0.1, 0.15) is 11.8 Å². The predicted molar refractivity (Wildman–Crippen MR) is 38.8 cm³/mol. The van der Waals surface area contributed by atoms with Gasteiger partial charge in [-0.25, -0.2) is 0 Å². The maximum Gasteiger partial charge on any atom is 0.392 e. The zero-order valence-electron chi connectivity index (χ0n) is 7.04. The second kappa shape index (κ2) is 4.13. The van der Waals surface area contributed by atoms with E-state index in [-0.39, 0.29) is 0 Å². The van der Waals surface area contributed by atoms with Crippen molar-refractivity contribution in [3.05, 3.63) is 10.4 Å². The minimum atomic E-state index is -4.52. The van der Waals surface area contributed by atoms with Crippen LogP contribution >= 0.6 is 0 Å². The summed E-state index contributed by atoms with van der Waals surface area (Å²) in [5, 5.41) is 2.80. The first-order chi connectivity index (χ1) is 5.80. The highest BCUT2D eigenvalue weighted by atomic mass is 19.4. The average Bonchev–Trinajstić information content (AvgIpc) is 1.96. The molecule has 0 aliphatic rings. The van der Waals surface area contributed by atoms with Crippen molar-refractivity contribution >= 4 is 5.78 Å². The van der Waals surface area contributed by atoms with Gasteiger partial charge < -0.3 is 0 Å². The third kappa shape index (κ3) is 3.33. The lowest BCUT2D eigenvalue weighted by molar-refractivity contribution is -0.177. The first-order valence-corrected chi connectivity index (χ1v) is 3.42. The monoisotopic (exact) mass is 195 g/mol. The summed E-state index contributed by atoms with van der Waals surface area (Å²) in [6.45, 7) is 1.77. The summed E-state index contributed by atoms with van der Waals surface area (Å²) in [6.07, 6.45) is -4.52. The minimum absolute atomic E-state index is 0.789. The summed E-state index contributed by atoms with van der Waals surface area (Å²) in [5.74, 6) is -2.73. The van der Waals surface area contributed by atoms with Gasteiger partial charge in [0, 0.05) is 4.91 Å². The van der Waals surface area contributed by atoms with Crippen molar-refractivity contribution in [2.45, 2.75) is 26.1 Å². The lowest BCUT2D eigenvalue weighted by Crippen LogP contribution is -2.34. The molecule has 0 unspecified atom stereocenters. The van der Waals surface area contributed by atoms with Gasteiger partial charge in [0.2, 0.25) is 0 Å². The first kappa shape index (κ1) is 11.8. The van der Waals surface area contributed by atoms with Gasteiger partial charge in [0.15, 0.2) is 0 Å². The fourth-order valence-electron chi connectivity index (χ4n) is 0.768. The molecule has 0 fully saturated rings. The number of azide groups is 1. The second-order valence-electron chi connectivity index (χ2n) is 2.59. The Kier molecular flexibility index (Phi) is 3.74. The standard InChI is InChI=1S/C6H8F3N3O/c1-3(6(7,8)9)5(4(2)13)11-12-10/h3,5H,1-2H3/t3-,5-/m0/s1. The Morgan fingerprint density at radius 1 is 1.54 bits per heavy atom. The Labute approximate surface area is 72.4 Å². The average molecular weight is 195 g/mol. The molecular formula is C6H8F3N3O. The van der Waals surface area contributed by atoms with Gasteiger partial charge in [-0.15, -0.1) is 0 Å². The van der Waals surface area contributed by atoms with Crippen molar-refractivity contribution in [2.75, 3.05) is 0 Å². The number of nitrogens with zero attached hydrogens (tertiary/aromatic N) is 3. The topological polar surface area (TPSA) is 65.8 Å². The maximum atomic E-state index is 12.0. The molecule has 0 saturated heterocycles. The van der Waals surface area contributed by atoms with Crippen molar-refractivity contribution in [1.29, 1.82) is 0 Å². The van der Waals surface area contributed by atoms with Gasteiger partial charge in [-0.3, -0.25) is 4.79 Å². The normalized spacial score (nSPS) is 15.8. The molecule has 0 aliphatic heterocycles. The quantitative estimate of drug-likeness (QED) is 0.387. The van der Waals surface area contributed by atoms with Crippen LogP contribution in [0.3, 0.4) is 0 Å². The maximum absolute atomic E-state index is 12.0. The number of hydrogen-bond donors (Lipinski definition) is 0. The fourth-order valence-corrected chi connectivity index (χ4v) is 0.768. The number of ketones is 1. The molecule has 4 nitrogen and oxygen atoms in total. The van der Waals surface area contributed by atoms with Gasteiger partial charge >= 0.3 is 6.18 Å². The molecule has 7 heteroatoms. The van der Waals surface area contributed by atoms with Crippen LogP contribution < -0.4 is 0 Å². The second-order valence-corrected chi connectivity index (χ2v) is 2.59. The van der Waals surface area contributed by atoms with Gasteiger partial charge in [0.05, 0.1) is 5.92 Å². The minimum Gasteiger partial charge on any atom is -0.300 e. The van der Waals surface area contributed by atoms with Crippen LogP contribution in [0, 0.1) is 5.92 Å². The molecule has 0 N–H and O–H groups in total. The Balaban J connectivity index is 4.76. The van der Waals surface area contributed by atoms with Crippen LogP contribution in [0.25, 0.3) is 10.4 Å². The van der Waals surface area contributed by atoms with E-state index in [1.807, 2.05) is 0 Å². The highest BCUT2D eigenvalue weighted by Gasteiger charge is 2.42. The molecule has 74 valence electrons. The molecule has 0 saturated carbocycles. The zero-order chi connectivity index (χ0) is 10.6. The molecule has 0 amide bonds. The molecule has 2 atom stereocenters. The molecule has 0 bridgehead atoms. The molecule has 0 spiro atoms. The molecule has 0 heterocycles. The number of carbonyl (C=O) groups is 1. The fraction of sp³-hybridized carbons (Fsp3) is 0.833. The zero-order valence-corrected chi connectivity index (χ0v) is 7.04. The number of carbonyl (C=O) groups excluding carboxylic acids is 1. The van der Waals surface area contributed by atoms with Gasteiger partial charge in [0.25, 0.3) is 0 Å². The largest absolute Gasteiger partial charge is 0.392 e. The number of hydrogen-bond acceptors (Lipinski definition) is 2. The van der Waals surface area contributed by atoms with E-state index < -0.39 is 23.9 Å². The van der Waals surface area contributed by atoms with E-state index in [2.05, 4.69) is 10.0 Å². The highest BCUT2D eigenvalue weighted by Crippen LogP contribution is 2.30. The van der Waals surface area contributed by atoms with E-state index in [4.69, 9.17) is 5.53 Å². The molecule has 0 radical (unpaired) electrons. The Bertz CT molecular complexity index is 242. The molecule has 0 rings (SSSR count). The summed E-state index contributed by atoms with van der Waals surface area (Å²) in [4.78, 5) is 12.9. The molecule has 0 aromatic heterocycles.